The minimum atomic E-state index is 0.327. The number of ether oxygens (including phenoxy) is 1. The molecule has 82 valence electrons. The van der Waals surface area contributed by atoms with E-state index in [4.69, 9.17) is 22.1 Å². The van der Waals surface area contributed by atoms with Crippen molar-refractivity contribution < 1.29 is 4.74 Å². The number of aromatic nitrogens is 1. The van der Waals surface area contributed by atoms with Gasteiger partial charge in [0.05, 0.1) is 18.5 Å². The molecule has 2 N–H and O–H groups in total. The molecule has 2 aromatic rings. The van der Waals surface area contributed by atoms with Crippen molar-refractivity contribution in [2.45, 2.75) is 0 Å². The summed E-state index contributed by atoms with van der Waals surface area (Å²) in [6.45, 7) is 0. The third-order valence-corrected chi connectivity index (χ3v) is 2.57. The second kappa shape index (κ2) is 4.41. The van der Waals surface area contributed by atoms with Gasteiger partial charge in [0, 0.05) is 5.56 Å². The van der Waals surface area contributed by atoms with Crippen molar-refractivity contribution >= 4 is 17.3 Å². The quantitative estimate of drug-likeness (QED) is 0.813. The van der Waals surface area contributed by atoms with Gasteiger partial charge in [-0.1, -0.05) is 11.6 Å². The summed E-state index contributed by atoms with van der Waals surface area (Å²) in [6, 6.07) is 11.2. The number of nitrogens with zero attached hydrogens (tertiary/aromatic N) is 1. The topological polar surface area (TPSA) is 48.1 Å². The highest BCUT2D eigenvalue weighted by Gasteiger charge is 2.03. The number of hydrogen-bond donors (Lipinski definition) is 1. The highest BCUT2D eigenvalue weighted by atomic mass is 35.5. The number of pyridine rings is 1. The molecule has 0 aliphatic rings. The molecule has 0 atom stereocenters. The van der Waals surface area contributed by atoms with Gasteiger partial charge in [0.1, 0.15) is 5.75 Å². The van der Waals surface area contributed by atoms with Crippen LogP contribution in [0.1, 0.15) is 0 Å². The van der Waals surface area contributed by atoms with E-state index in [9.17, 15) is 0 Å². The highest BCUT2D eigenvalue weighted by molar-refractivity contribution is 6.31. The van der Waals surface area contributed by atoms with Gasteiger partial charge in [0.15, 0.2) is 5.15 Å². The molecule has 16 heavy (non-hydrogen) atoms. The summed E-state index contributed by atoms with van der Waals surface area (Å²) in [7, 11) is 1.63. The number of nitrogens with two attached hydrogens (primary N) is 1. The maximum Gasteiger partial charge on any atom is 0.152 e. The predicted molar refractivity (Wildman–Crippen MR) is 65.6 cm³/mol. The van der Waals surface area contributed by atoms with E-state index in [1.165, 1.54) is 0 Å². The molecule has 2 rings (SSSR count). The maximum atomic E-state index is 5.86. The molecule has 1 aromatic heterocycles. The Morgan fingerprint density at radius 3 is 2.38 bits per heavy atom. The lowest BCUT2D eigenvalue weighted by atomic mass is 10.1. The van der Waals surface area contributed by atoms with Crippen LogP contribution in [-0.2, 0) is 0 Å². The minimum Gasteiger partial charge on any atom is -0.497 e. The molecule has 0 fully saturated rings. The average molecular weight is 235 g/mol. The van der Waals surface area contributed by atoms with Crippen LogP contribution in [0.25, 0.3) is 11.3 Å². The molecule has 1 heterocycles. The van der Waals surface area contributed by atoms with Crippen LogP contribution in [0.3, 0.4) is 0 Å². The van der Waals surface area contributed by atoms with Crippen molar-refractivity contribution in [2.24, 2.45) is 0 Å². The van der Waals surface area contributed by atoms with Gasteiger partial charge in [-0.2, -0.15) is 0 Å². The van der Waals surface area contributed by atoms with Gasteiger partial charge in [-0.05, 0) is 36.4 Å². The van der Waals surface area contributed by atoms with Gasteiger partial charge in [-0.15, -0.1) is 0 Å². The first-order valence-electron chi connectivity index (χ1n) is 4.77. The standard InChI is InChI=1S/C12H11ClN2O/c1-16-9-4-2-8(3-5-9)11-7-6-10(14)12(13)15-11/h2-7H,14H2,1H3. The Labute approximate surface area is 98.8 Å². The molecule has 0 bridgehead atoms. The van der Waals surface area contributed by atoms with Crippen LogP contribution in [0.4, 0.5) is 5.69 Å². The summed E-state index contributed by atoms with van der Waals surface area (Å²) in [5, 5.41) is 0.327. The number of nitrogen functional groups attached to an aromatic ring is 1. The fourth-order valence-corrected chi connectivity index (χ4v) is 1.52. The number of methoxy groups -OCH3 is 1. The molecule has 0 saturated carbocycles. The van der Waals surface area contributed by atoms with Gasteiger partial charge in [-0.25, -0.2) is 4.98 Å². The lowest BCUT2D eigenvalue weighted by Crippen LogP contribution is -1.91. The Bertz CT molecular complexity index is 497. The van der Waals surface area contributed by atoms with E-state index in [1.807, 2.05) is 30.3 Å². The van der Waals surface area contributed by atoms with E-state index < -0.39 is 0 Å². The Morgan fingerprint density at radius 1 is 1.12 bits per heavy atom. The molecular formula is C12H11ClN2O. The SMILES string of the molecule is COc1ccc(-c2ccc(N)c(Cl)n2)cc1. The third-order valence-electron chi connectivity index (χ3n) is 2.26. The van der Waals surface area contributed by atoms with Crippen molar-refractivity contribution in [3.8, 4) is 17.0 Å². The molecule has 3 nitrogen and oxygen atoms in total. The normalized spacial score (nSPS) is 10.1. The highest BCUT2D eigenvalue weighted by Crippen LogP contribution is 2.24. The Kier molecular flexibility index (Phi) is 2.97. The van der Waals surface area contributed by atoms with E-state index in [2.05, 4.69) is 4.98 Å². The molecule has 0 spiro atoms. The number of hydrogen-bond acceptors (Lipinski definition) is 3. The first-order valence-corrected chi connectivity index (χ1v) is 5.15. The molecule has 4 heteroatoms. The van der Waals surface area contributed by atoms with Crippen LogP contribution < -0.4 is 10.5 Å². The zero-order valence-corrected chi connectivity index (χ0v) is 9.53. The van der Waals surface area contributed by atoms with E-state index in [0.29, 0.717) is 10.8 Å². The van der Waals surface area contributed by atoms with Crippen LogP contribution >= 0.6 is 11.6 Å². The summed E-state index contributed by atoms with van der Waals surface area (Å²) in [6.07, 6.45) is 0. The summed E-state index contributed by atoms with van der Waals surface area (Å²) in [5.74, 6) is 0.810. The Morgan fingerprint density at radius 2 is 1.81 bits per heavy atom. The zero-order valence-electron chi connectivity index (χ0n) is 8.77. The monoisotopic (exact) mass is 234 g/mol. The lowest BCUT2D eigenvalue weighted by Gasteiger charge is -2.04. The van der Waals surface area contributed by atoms with E-state index in [1.54, 1.807) is 13.2 Å². The molecule has 1 aromatic carbocycles. The molecule has 0 aliphatic heterocycles. The second-order valence-electron chi connectivity index (χ2n) is 3.31. The van der Waals surface area contributed by atoms with Crippen molar-refractivity contribution in [3.63, 3.8) is 0 Å². The fraction of sp³-hybridized carbons (Fsp3) is 0.0833. The maximum absolute atomic E-state index is 5.86. The first-order chi connectivity index (χ1) is 7.70. The predicted octanol–water partition coefficient (Wildman–Crippen LogP) is 2.99. The van der Waals surface area contributed by atoms with E-state index in [-0.39, 0.29) is 0 Å². The molecule has 0 unspecified atom stereocenters. The van der Waals surface area contributed by atoms with Gasteiger partial charge in [0.2, 0.25) is 0 Å². The summed E-state index contributed by atoms with van der Waals surface area (Å²) in [4.78, 5) is 4.20. The Hall–Kier alpha value is -1.74. The van der Waals surface area contributed by atoms with Gasteiger partial charge < -0.3 is 10.5 Å². The van der Waals surface area contributed by atoms with Crippen LogP contribution in [0.5, 0.6) is 5.75 Å². The lowest BCUT2D eigenvalue weighted by molar-refractivity contribution is 0.415. The van der Waals surface area contributed by atoms with Crippen molar-refractivity contribution in [1.29, 1.82) is 0 Å². The number of benzene rings is 1. The first kappa shape index (κ1) is 10.8. The fourth-order valence-electron chi connectivity index (χ4n) is 1.37. The molecular weight excluding hydrogens is 224 g/mol. The van der Waals surface area contributed by atoms with Crippen LogP contribution in [-0.4, -0.2) is 12.1 Å². The van der Waals surface area contributed by atoms with Crippen LogP contribution in [0.2, 0.25) is 5.15 Å². The molecule has 0 saturated heterocycles. The van der Waals surface area contributed by atoms with Crippen molar-refractivity contribution in [3.05, 3.63) is 41.6 Å². The Balaban J connectivity index is 2.38. The number of anilines is 1. The van der Waals surface area contributed by atoms with Gasteiger partial charge in [-0.3, -0.25) is 0 Å². The molecule has 0 amide bonds. The van der Waals surface area contributed by atoms with Crippen LogP contribution in [0.15, 0.2) is 36.4 Å². The number of halogens is 1. The largest absolute Gasteiger partial charge is 0.497 e. The van der Waals surface area contributed by atoms with E-state index >= 15 is 0 Å². The third kappa shape index (κ3) is 2.09. The molecule has 0 aliphatic carbocycles. The van der Waals surface area contributed by atoms with Gasteiger partial charge >= 0.3 is 0 Å². The molecule has 0 radical (unpaired) electrons. The smallest absolute Gasteiger partial charge is 0.152 e. The summed E-state index contributed by atoms with van der Waals surface area (Å²) >= 11 is 5.86. The number of rotatable bonds is 2. The zero-order chi connectivity index (χ0) is 11.5. The van der Waals surface area contributed by atoms with Gasteiger partial charge in [0.25, 0.3) is 0 Å². The van der Waals surface area contributed by atoms with Crippen LogP contribution in [0, 0.1) is 0 Å². The van der Waals surface area contributed by atoms with Crippen molar-refractivity contribution in [2.75, 3.05) is 12.8 Å². The van der Waals surface area contributed by atoms with Crippen molar-refractivity contribution in [1.82, 2.24) is 4.98 Å². The summed E-state index contributed by atoms with van der Waals surface area (Å²) in [5.41, 5.74) is 7.85. The van der Waals surface area contributed by atoms with E-state index in [0.717, 1.165) is 17.0 Å². The average Bonchev–Trinajstić information content (AvgIpc) is 2.33. The minimum absolute atomic E-state index is 0.327. The summed E-state index contributed by atoms with van der Waals surface area (Å²) < 4.78 is 5.08. The second-order valence-corrected chi connectivity index (χ2v) is 3.66.